The van der Waals surface area contributed by atoms with Crippen molar-refractivity contribution < 1.29 is 9.53 Å². The largest absolute Gasteiger partial charge is 0.381 e. The number of nitrogens with zero attached hydrogens (tertiary/aromatic N) is 4. The zero-order chi connectivity index (χ0) is 13.8. The zero-order valence-electron chi connectivity index (χ0n) is 10.9. The molecular formula is C13H15N5O2. The van der Waals surface area contributed by atoms with E-state index in [1.165, 1.54) is 6.20 Å². The maximum absolute atomic E-state index is 12.2. The fourth-order valence-corrected chi connectivity index (χ4v) is 2.09. The van der Waals surface area contributed by atoms with Crippen molar-refractivity contribution in [2.75, 3.05) is 13.2 Å². The molecule has 2 aromatic rings. The molecule has 1 saturated heterocycles. The molecule has 0 radical (unpaired) electrons. The maximum Gasteiger partial charge on any atom is 0.271 e. The van der Waals surface area contributed by atoms with Crippen LogP contribution in [0.4, 0.5) is 0 Å². The Morgan fingerprint density at radius 2 is 2.15 bits per heavy atom. The van der Waals surface area contributed by atoms with Crippen molar-refractivity contribution in [2.45, 2.75) is 18.9 Å². The van der Waals surface area contributed by atoms with E-state index in [0.29, 0.717) is 24.7 Å². The molecule has 1 fully saturated rings. The van der Waals surface area contributed by atoms with Gasteiger partial charge in [-0.1, -0.05) is 0 Å². The summed E-state index contributed by atoms with van der Waals surface area (Å²) in [6, 6.07) is 0.148. The van der Waals surface area contributed by atoms with Crippen LogP contribution in [0.5, 0.6) is 0 Å². The lowest BCUT2D eigenvalue weighted by Gasteiger charge is -2.22. The van der Waals surface area contributed by atoms with Crippen molar-refractivity contribution in [2.24, 2.45) is 0 Å². The van der Waals surface area contributed by atoms with E-state index in [-0.39, 0.29) is 11.9 Å². The van der Waals surface area contributed by atoms with E-state index in [1.54, 1.807) is 29.5 Å². The number of imidazole rings is 1. The predicted octanol–water partition coefficient (Wildman–Crippen LogP) is 0.571. The van der Waals surface area contributed by atoms with Gasteiger partial charge in [0, 0.05) is 31.6 Å². The van der Waals surface area contributed by atoms with Gasteiger partial charge in [-0.2, -0.15) is 0 Å². The summed E-state index contributed by atoms with van der Waals surface area (Å²) in [5.41, 5.74) is 0.308. The first-order chi connectivity index (χ1) is 9.83. The van der Waals surface area contributed by atoms with E-state index in [4.69, 9.17) is 4.74 Å². The standard InChI is InChI=1S/C13H15N5O2/c19-13(16-10-1-5-20-6-2-10)11-7-15-8-12(17-11)18-4-3-14-9-18/h3-4,7-10H,1-2,5-6H2,(H,16,19). The minimum Gasteiger partial charge on any atom is -0.381 e. The Bertz CT molecular complexity index is 578. The van der Waals surface area contributed by atoms with Crippen LogP contribution in [0, 0.1) is 0 Å². The molecule has 0 aliphatic carbocycles. The normalized spacial score (nSPS) is 16.0. The monoisotopic (exact) mass is 273 g/mol. The van der Waals surface area contributed by atoms with E-state index in [2.05, 4.69) is 20.3 Å². The number of carbonyl (C=O) groups is 1. The average Bonchev–Trinajstić information content (AvgIpc) is 3.03. The molecule has 7 nitrogen and oxygen atoms in total. The molecule has 1 aliphatic heterocycles. The molecule has 0 atom stereocenters. The number of hydrogen-bond donors (Lipinski definition) is 1. The van der Waals surface area contributed by atoms with Gasteiger partial charge in [0.1, 0.15) is 12.0 Å². The van der Waals surface area contributed by atoms with Gasteiger partial charge in [-0.15, -0.1) is 0 Å². The van der Waals surface area contributed by atoms with Crippen molar-refractivity contribution in [3.05, 3.63) is 36.8 Å². The Morgan fingerprint density at radius 3 is 2.90 bits per heavy atom. The van der Waals surface area contributed by atoms with Gasteiger partial charge >= 0.3 is 0 Å². The van der Waals surface area contributed by atoms with E-state index in [9.17, 15) is 4.79 Å². The first-order valence-corrected chi connectivity index (χ1v) is 6.52. The number of carbonyl (C=O) groups excluding carboxylic acids is 1. The highest BCUT2D eigenvalue weighted by Gasteiger charge is 2.18. The third-order valence-electron chi connectivity index (χ3n) is 3.18. The number of hydrogen-bond acceptors (Lipinski definition) is 5. The molecule has 0 aromatic carbocycles. The van der Waals surface area contributed by atoms with Crippen molar-refractivity contribution in [1.29, 1.82) is 0 Å². The van der Waals surface area contributed by atoms with Crippen molar-refractivity contribution in [1.82, 2.24) is 24.8 Å². The van der Waals surface area contributed by atoms with Crippen LogP contribution in [0.25, 0.3) is 5.82 Å². The molecule has 3 heterocycles. The smallest absolute Gasteiger partial charge is 0.271 e. The zero-order valence-corrected chi connectivity index (χ0v) is 10.9. The molecule has 2 aromatic heterocycles. The number of aromatic nitrogens is 4. The highest BCUT2D eigenvalue weighted by Crippen LogP contribution is 2.08. The van der Waals surface area contributed by atoms with E-state index >= 15 is 0 Å². The summed E-state index contributed by atoms with van der Waals surface area (Å²) in [4.78, 5) is 24.5. The van der Waals surface area contributed by atoms with Crippen LogP contribution >= 0.6 is 0 Å². The van der Waals surface area contributed by atoms with Gasteiger partial charge < -0.3 is 10.1 Å². The lowest BCUT2D eigenvalue weighted by Crippen LogP contribution is -2.39. The van der Waals surface area contributed by atoms with Gasteiger partial charge in [0.25, 0.3) is 5.91 Å². The third-order valence-corrected chi connectivity index (χ3v) is 3.18. The summed E-state index contributed by atoms with van der Waals surface area (Å²) in [6.45, 7) is 1.37. The summed E-state index contributed by atoms with van der Waals surface area (Å²) in [7, 11) is 0. The number of ether oxygens (including phenoxy) is 1. The SMILES string of the molecule is O=C(NC1CCOCC1)c1cncc(-n2ccnc2)n1. The first kappa shape index (κ1) is 12.7. The van der Waals surface area contributed by atoms with Gasteiger partial charge in [-0.25, -0.2) is 9.97 Å². The highest BCUT2D eigenvalue weighted by atomic mass is 16.5. The summed E-state index contributed by atoms with van der Waals surface area (Å²) in [5, 5.41) is 2.96. The molecular weight excluding hydrogens is 258 g/mol. The number of nitrogens with one attached hydrogen (secondary N) is 1. The summed E-state index contributed by atoms with van der Waals surface area (Å²) in [6.07, 6.45) is 9.74. The summed E-state index contributed by atoms with van der Waals surface area (Å²) >= 11 is 0. The van der Waals surface area contributed by atoms with Gasteiger partial charge in [0.2, 0.25) is 0 Å². The molecule has 104 valence electrons. The maximum atomic E-state index is 12.2. The molecule has 1 N–H and O–H groups in total. The lowest BCUT2D eigenvalue weighted by molar-refractivity contribution is 0.0694. The molecule has 0 spiro atoms. The second-order valence-electron chi connectivity index (χ2n) is 4.59. The topological polar surface area (TPSA) is 81.9 Å². The average molecular weight is 273 g/mol. The van der Waals surface area contributed by atoms with E-state index < -0.39 is 0 Å². The fourth-order valence-electron chi connectivity index (χ4n) is 2.09. The lowest BCUT2D eigenvalue weighted by atomic mass is 10.1. The van der Waals surface area contributed by atoms with Crippen LogP contribution in [0.15, 0.2) is 31.1 Å². The van der Waals surface area contributed by atoms with Crippen LogP contribution in [-0.4, -0.2) is 44.7 Å². The fraction of sp³-hybridized carbons (Fsp3) is 0.385. The Morgan fingerprint density at radius 1 is 1.30 bits per heavy atom. The Balaban J connectivity index is 1.73. The minimum absolute atomic E-state index is 0.148. The van der Waals surface area contributed by atoms with Gasteiger partial charge in [0.05, 0.1) is 12.4 Å². The Labute approximate surface area is 116 Å². The van der Waals surface area contributed by atoms with Crippen molar-refractivity contribution >= 4 is 5.91 Å². The van der Waals surface area contributed by atoms with E-state index in [0.717, 1.165) is 12.8 Å². The molecule has 0 saturated carbocycles. The number of rotatable bonds is 3. The second kappa shape index (κ2) is 5.79. The summed E-state index contributed by atoms with van der Waals surface area (Å²) in [5.74, 6) is 0.369. The van der Waals surface area contributed by atoms with Crippen LogP contribution in [0.2, 0.25) is 0 Å². The van der Waals surface area contributed by atoms with E-state index in [1.807, 2.05) is 0 Å². The molecule has 0 bridgehead atoms. The molecule has 7 heteroatoms. The summed E-state index contributed by atoms with van der Waals surface area (Å²) < 4.78 is 6.97. The molecule has 1 amide bonds. The predicted molar refractivity (Wildman–Crippen MR) is 70.5 cm³/mol. The van der Waals surface area contributed by atoms with Crippen LogP contribution in [-0.2, 0) is 4.74 Å². The van der Waals surface area contributed by atoms with Crippen LogP contribution in [0.3, 0.4) is 0 Å². The van der Waals surface area contributed by atoms with Gasteiger partial charge in [-0.3, -0.25) is 14.3 Å². The highest BCUT2D eigenvalue weighted by molar-refractivity contribution is 5.92. The Kier molecular flexibility index (Phi) is 3.69. The third kappa shape index (κ3) is 2.83. The minimum atomic E-state index is -0.202. The second-order valence-corrected chi connectivity index (χ2v) is 4.59. The van der Waals surface area contributed by atoms with Crippen molar-refractivity contribution in [3.63, 3.8) is 0 Å². The Hall–Kier alpha value is -2.28. The van der Waals surface area contributed by atoms with Gasteiger partial charge in [-0.05, 0) is 12.8 Å². The van der Waals surface area contributed by atoms with Crippen LogP contribution in [0.1, 0.15) is 23.3 Å². The number of amides is 1. The van der Waals surface area contributed by atoms with Gasteiger partial charge in [0.15, 0.2) is 5.82 Å². The van der Waals surface area contributed by atoms with Crippen molar-refractivity contribution in [3.8, 4) is 5.82 Å². The molecule has 1 aliphatic rings. The first-order valence-electron chi connectivity index (χ1n) is 6.52. The molecule has 0 unspecified atom stereocenters. The molecule has 3 rings (SSSR count). The quantitative estimate of drug-likeness (QED) is 0.884. The molecule has 20 heavy (non-hydrogen) atoms. The van der Waals surface area contributed by atoms with Crippen LogP contribution < -0.4 is 5.32 Å².